The summed E-state index contributed by atoms with van der Waals surface area (Å²) in [7, 11) is 1.47. The number of hydrogen-bond donors (Lipinski definition) is 2. The van der Waals surface area contributed by atoms with E-state index in [9.17, 15) is 5.11 Å². The highest BCUT2D eigenvalue weighted by atomic mass is 35.5. The van der Waals surface area contributed by atoms with Gasteiger partial charge in [-0.25, -0.2) is 5.90 Å². The zero-order chi connectivity index (χ0) is 10.6. The van der Waals surface area contributed by atoms with Gasteiger partial charge in [0, 0.05) is 23.1 Å². The molecule has 0 fully saturated rings. The molecule has 0 radical (unpaired) electrons. The van der Waals surface area contributed by atoms with E-state index >= 15 is 0 Å². The molecule has 0 amide bonds. The number of ether oxygens (including phenoxy) is 1. The molecule has 0 aliphatic heterocycles. The minimum Gasteiger partial charge on any atom is -0.504 e. The molecular formula is C9H12ClNO3. The molecule has 1 aromatic carbocycles. The summed E-state index contributed by atoms with van der Waals surface area (Å²) in [4.78, 5) is 4.42. The van der Waals surface area contributed by atoms with E-state index in [1.54, 1.807) is 12.1 Å². The number of rotatable bonds is 4. The summed E-state index contributed by atoms with van der Waals surface area (Å²) >= 11 is 5.82. The first kappa shape index (κ1) is 11.1. The maximum atomic E-state index is 9.66. The van der Waals surface area contributed by atoms with Crippen LogP contribution in [0.1, 0.15) is 5.56 Å². The van der Waals surface area contributed by atoms with Crippen LogP contribution in [-0.2, 0) is 11.3 Å². The van der Waals surface area contributed by atoms with Crippen molar-refractivity contribution in [1.29, 1.82) is 0 Å². The number of hydrogen-bond acceptors (Lipinski definition) is 4. The largest absolute Gasteiger partial charge is 0.504 e. The SMILES string of the molecule is COc1cc(Cl)cc(CCON)c1O. The molecule has 0 aliphatic carbocycles. The van der Waals surface area contributed by atoms with E-state index in [2.05, 4.69) is 4.84 Å². The lowest BCUT2D eigenvalue weighted by atomic mass is 10.1. The number of phenols is 1. The van der Waals surface area contributed by atoms with Gasteiger partial charge in [-0.15, -0.1) is 0 Å². The lowest BCUT2D eigenvalue weighted by molar-refractivity contribution is 0.140. The van der Waals surface area contributed by atoms with Crippen molar-refractivity contribution in [2.45, 2.75) is 6.42 Å². The van der Waals surface area contributed by atoms with E-state index in [1.165, 1.54) is 7.11 Å². The van der Waals surface area contributed by atoms with Gasteiger partial charge in [0.1, 0.15) is 0 Å². The maximum absolute atomic E-state index is 9.66. The molecule has 5 heteroatoms. The van der Waals surface area contributed by atoms with E-state index in [0.717, 1.165) is 0 Å². The minimum atomic E-state index is 0.0777. The van der Waals surface area contributed by atoms with Crippen LogP contribution in [0.2, 0.25) is 5.02 Å². The van der Waals surface area contributed by atoms with Gasteiger partial charge in [0.25, 0.3) is 0 Å². The number of aromatic hydroxyl groups is 1. The van der Waals surface area contributed by atoms with Crippen LogP contribution in [0.3, 0.4) is 0 Å². The molecule has 3 N–H and O–H groups in total. The van der Waals surface area contributed by atoms with E-state index in [4.69, 9.17) is 22.2 Å². The van der Waals surface area contributed by atoms with Crippen LogP contribution in [0.4, 0.5) is 0 Å². The summed E-state index contributed by atoms with van der Waals surface area (Å²) in [5.41, 5.74) is 0.653. The average Bonchev–Trinajstić information content (AvgIpc) is 2.18. The Morgan fingerprint density at radius 2 is 2.21 bits per heavy atom. The number of methoxy groups -OCH3 is 1. The quantitative estimate of drug-likeness (QED) is 0.750. The van der Waals surface area contributed by atoms with Crippen LogP contribution in [0, 0.1) is 0 Å². The normalized spacial score (nSPS) is 10.2. The third kappa shape index (κ3) is 2.51. The Morgan fingerprint density at radius 1 is 1.50 bits per heavy atom. The summed E-state index contributed by atoms with van der Waals surface area (Å²) < 4.78 is 4.94. The van der Waals surface area contributed by atoms with E-state index in [0.29, 0.717) is 29.4 Å². The average molecular weight is 218 g/mol. The predicted molar refractivity (Wildman–Crippen MR) is 53.5 cm³/mol. The summed E-state index contributed by atoms with van der Waals surface area (Å²) in [6.07, 6.45) is 0.485. The Hall–Kier alpha value is -0.970. The molecule has 0 heterocycles. The van der Waals surface area contributed by atoms with Gasteiger partial charge in [0.15, 0.2) is 11.5 Å². The summed E-state index contributed by atoms with van der Waals surface area (Å²) in [6, 6.07) is 3.20. The van der Waals surface area contributed by atoms with Crippen LogP contribution in [0.25, 0.3) is 0 Å². The van der Waals surface area contributed by atoms with Crippen molar-refractivity contribution in [3.8, 4) is 11.5 Å². The van der Waals surface area contributed by atoms with Gasteiger partial charge in [-0.05, 0) is 6.07 Å². The molecule has 0 aliphatic rings. The number of halogens is 1. The van der Waals surface area contributed by atoms with Crippen LogP contribution < -0.4 is 10.6 Å². The van der Waals surface area contributed by atoms with Gasteiger partial charge in [0.05, 0.1) is 13.7 Å². The second kappa shape index (κ2) is 5.05. The molecular weight excluding hydrogens is 206 g/mol. The second-order valence-corrected chi connectivity index (χ2v) is 3.17. The van der Waals surface area contributed by atoms with Crippen LogP contribution in [-0.4, -0.2) is 18.8 Å². The number of phenolic OH excluding ortho intramolecular Hbond substituents is 1. The molecule has 0 saturated heterocycles. The molecule has 0 bridgehead atoms. The first-order chi connectivity index (χ1) is 6.69. The van der Waals surface area contributed by atoms with Crippen molar-refractivity contribution < 1.29 is 14.7 Å². The Bertz CT molecular complexity index is 317. The van der Waals surface area contributed by atoms with E-state index < -0.39 is 0 Å². The number of nitrogens with two attached hydrogens (primary N) is 1. The molecule has 78 valence electrons. The lowest BCUT2D eigenvalue weighted by Gasteiger charge is -2.09. The van der Waals surface area contributed by atoms with Gasteiger partial charge in [0.2, 0.25) is 0 Å². The topological polar surface area (TPSA) is 64.7 Å². The maximum Gasteiger partial charge on any atom is 0.162 e. The lowest BCUT2D eigenvalue weighted by Crippen LogP contribution is -2.04. The monoisotopic (exact) mass is 217 g/mol. The first-order valence-electron chi connectivity index (χ1n) is 4.06. The highest BCUT2D eigenvalue weighted by Gasteiger charge is 2.09. The molecule has 1 rings (SSSR count). The van der Waals surface area contributed by atoms with Crippen LogP contribution in [0.5, 0.6) is 11.5 Å². The third-order valence-electron chi connectivity index (χ3n) is 1.83. The van der Waals surface area contributed by atoms with Crippen molar-refractivity contribution in [3.05, 3.63) is 22.7 Å². The van der Waals surface area contributed by atoms with Crippen LogP contribution in [0.15, 0.2) is 12.1 Å². The summed E-state index contributed by atoms with van der Waals surface area (Å²) in [6.45, 7) is 0.317. The van der Waals surface area contributed by atoms with Gasteiger partial charge in [-0.3, -0.25) is 0 Å². The summed E-state index contributed by atoms with van der Waals surface area (Å²) in [5.74, 6) is 5.32. The molecule has 0 unspecified atom stereocenters. The van der Waals surface area contributed by atoms with Crippen molar-refractivity contribution >= 4 is 11.6 Å². The van der Waals surface area contributed by atoms with Crippen molar-refractivity contribution in [3.63, 3.8) is 0 Å². The molecule has 0 spiro atoms. The third-order valence-corrected chi connectivity index (χ3v) is 2.05. The summed E-state index contributed by atoms with van der Waals surface area (Å²) in [5, 5.41) is 10.2. The van der Waals surface area contributed by atoms with Gasteiger partial charge < -0.3 is 14.7 Å². The van der Waals surface area contributed by atoms with Crippen molar-refractivity contribution in [2.24, 2.45) is 5.90 Å². The standard InChI is InChI=1S/C9H12ClNO3/c1-13-8-5-7(10)4-6(9(8)12)2-3-14-11/h4-5,12H,2-3,11H2,1H3. The highest BCUT2D eigenvalue weighted by Crippen LogP contribution is 2.33. The predicted octanol–water partition coefficient (Wildman–Crippen LogP) is 1.49. The zero-order valence-electron chi connectivity index (χ0n) is 7.79. The first-order valence-corrected chi connectivity index (χ1v) is 4.44. The minimum absolute atomic E-state index is 0.0777. The van der Waals surface area contributed by atoms with Gasteiger partial charge in [-0.2, -0.15) is 0 Å². The van der Waals surface area contributed by atoms with Gasteiger partial charge in [-0.1, -0.05) is 11.6 Å². The smallest absolute Gasteiger partial charge is 0.162 e. The Kier molecular flexibility index (Phi) is 4.00. The number of benzene rings is 1. The van der Waals surface area contributed by atoms with E-state index in [1.807, 2.05) is 0 Å². The Morgan fingerprint density at radius 3 is 2.79 bits per heavy atom. The van der Waals surface area contributed by atoms with Gasteiger partial charge >= 0.3 is 0 Å². The van der Waals surface area contributed by atoms with Crippen molar-refractivity contribution in [1.82, 2.24) is 0 Å². The molecule has 14 heavy (non-hydrogen) atoms. The highest BCUT2D eigenvalue weighted by molar-refractivity contribution is 6.30. The molecule has 1 aromatic rings. The Balaban J connectivity index is 2.96. The van der Waals surface area contributed by atoms with Crippen LogP contribution >= 0.6 is 11.6 Å². The van der Waals surface area contributed by atoms with Crippen molar-refractivity contribution in [2.75, 3.05) is 13.7 Å². The zero-order valence-corrected chi connectivity index (χ0v) is 8.54. The fraction of sp³-hybridized carbons (Fsp3) is 0.333. The molecule has 4 nitrogen and oxygen atoms in total. The Labute approximate surface area is 87.1 Å². The molecule has 0 atom stereocenters. The molecule has 0 aromatic heterocycles. The fourth-order valence-electron chi connectivity index (χ4n) is 1.14. The van der Waals surface area contributed by atoms with E-state index in [-0.39, 0.29) is 5.75 Å². The molecule has 0 saturated carbocycles. The second-order valence-electron chi connectivity index (χ2n) is 2.74. The fourth-order valence-corrected chi connectivity index (χ4v) is 1.37.